The molecule has 1 fully saturated rings. The lowest BCUT2D eigenvalue weighted by molar-refractivity contribution is 0.264. The molecule has 1 atom stereocenters. The van der Waals surface area contributed by atoms with Crippen LogP contribution in [0.5, 0.6) is 0 Å². The van der Waals surface area contributed by atoms with E-state index in [1.807, 2.05) is 6.33 Å². The van der Waals surface area contributed by atoms with Gasteiger partial charge in [-0.15, -0.1) is 0 Å². The van der Waals surface area contributed by atoms with Gasteiger partial charge in [-0.3, -0.25) is 0 Å². The van der Waals surface area contributed by atoms with Gasteiger partial charge in [0.15, 0.2) is 0 Å². The summed E-state index contributed by atoms with van der Waals surface area (Å²) in [5, 5.41) is 3.49. The van der Waals surface area contributed by atoms with E-state index in [1.54, 1.807) is 0 Å². The largest absolute Gasteiger partial charge is 0.334 e. The Balaban J connectivity index is 1.85. The van der Waals surface area contributed by atoms with E-state index in [4.69, 9.17) is 0 Å². The molecule has 1 aromatic heterocycles. The van der Waals surface area contributed by atoms with Crippen molar-refractivity contribution in [3.63, 3.8) is 0 Å². The van der Waals surface area contributed by atoms with Crippen molar-refractivity contribution < 1.29 is 0 Å². The Morgan fingerprint density at radius 3 is 3.05 bits per heavy atom. The maximum atomic E-state index is 4.35. The molecule has 0 saturated carbocycles. The van der Waals surface area contributed by atoms with Gasteiger partial charge >= 0.3 is 0 Å². The first-order valence-corrected chi connectivity index (χ1v) is 7.59. The molecule has 0 amide bonds. The fourth-order valence-electron chi connectivity index (χ4n) is 2.71. The van der Waals surface area contributed by atoms with Gasteiger partial charge in [-0.05, 0) is 53.2 Å². The molecule has 108 valence electrons. The molecule has 1 aliphatic heterocycles. The van der Waals surface area contributed by atoms with Crippen LogP contribution in [0.25, 0.3) is 0 Å². The van der Waals surface area contributed by atoms with Crippen molar-refractivity contribution in [2.45, 2.75) is 51.6 Å². The van der Waals surface area contributed by atoms with Crippen LogP contribution in [0.15, 0.2) is 12.5 Å². The van der Waals surface area contributed by atoms with Crippen molar-refractivity contribution in [2.75, 3.05) is 26.7 Å². The zero-order valence-corrected chi connectivity index (χ0v) is 12.6. The minimum absolute atomic E-state index is 0.629. The highest BCUT2D eigenvalue weighted by Gasteiger charge is 2.18. The third-order valence-electron chi connectivity index (χ3n) is 4.25. The van der Waals surface area contributed by atoms with E-state index in [-0.39, 0.29) is 0 Å². The second-order valence-electron chi connectivity index (χ2n) is 5.98. The topological polar surface area (TPSA) is 33.1 Å². The minimum atomic E-state index is 0.629. The summed E-state index contributed by atoms with van der Waals surface area (Å²) in [5.74, 6) is 0.652. The first kappa shape index (κ1) is 14.5. The van der Waals surface area contributed by atoms with Gasteiger partial charge in [-0.25, -0.2) is 4.98 Å². The molecule has 1 saturated heterocycles. The van der Waals surface area contributed by atoms with Crippen LogP contribution in [0.4, 0.5) is 0 Å². The number of rotatable bonds is 6. The van der Waals surface area contributed by atoms with Crippen LogP contribution in [0.1, 0.15) is 44.7 Å². The van der Waals surface area contributed by atoms with E-state index in [2.05, 4.69) is 46.9 Å². The average molecular weight is 264 g/mol. The SMILES string of the molecule is CC(C)N(C)CCCn1cncc1C1CCCNC1. The number of nitrogens with zero attached hydrogens (tertiary/aromatic N) is 3. The van der Waals surface area contributed by atoms with Gasteiger partial charge in [0.2, 0.25) is 0 Å². The van der Waals surface area contributed by atoms with E-state index < -0.39 is 0 Å². The Morgan fingerprint density at radius 2 is 2.37 bits per heavy atom. The summed E-state index contributed by atoms with van der Waals surface area (Å²) in [5.41, 5.74) is 1.42. The predicted molar refractivity (Wildman–Crippen MR) is 79.5 cm³/mol. The first-order chi connectivity index (χ1) is 9.18. The molecule has 19 heavy (non-hydrogen) atoms. The lowest BCUT2D eigenvalue weighted by Gasteiger charge is -2.24. The molecule has 0 radical (unpaired) electrons. The maximum absolute atomic E-state index is 4.35. The Morgan fingerprint density at radius 1 is 1.53 bits per heavy atom. The molecule has 4 nitrogen and oxygen atoms in total. The average Bonchev–Trinajstić information content (AvgIpc) is 2.88. The molecule has 2 rings (SSSR count). The number of aromatic nitrogens is 2. The van der Waals surface area contributed by atoms with Crippen molar-refractivity contribution >= 4 is 0 Å². The molecule has 2 heterocycles. The lowest BCUT2D eigenvalue weighted by atomic mass is 9.96. The molecule has 4 heteroatoms. The molecule has 0 spiro atoms. The summed E-state index contributed by atoms with van der Waals surface area (Å²) in [6.45, 7) is 9.01. The highest BCUT2D eigenvalue weighted by Crippen LogP contribution is 2.22. The van der Waals surface area contributed by atoms with Crippen LogP contribution >= 0.6 is 0 Å². The summed E-state index contributed by atoms with van der Waals surface area (Å²) < 4.78 is 2.35. The standard InChI is InChI=1S/C15H28N4/c1-13(2)18(3)8-5-9-19-12-17-11-15(19)14-6-4-7-16-10-14/h11-14,16H,4-10H2,1-3H3. The molecular weight excluding hydrogens is 236 g/mol. The number of imidazole rings is 1. The molecular formula is C15H28N4. The van der Waals surface area contributed by atoms with Crippen LogP contribution < -0.4 is 5.32 Å². The number of aryl methyl sites for hydroxylation is 1. The Kier molecular flexibility index (Phi) is 5.40. The summed E-state index contributed by atoms with van der Waals surface area (Å²) in [7, 11) is 2.20. The van der Waals surface area contributed by atoms with Crippen LogP contribution in [-0.4, -0.2) is 47.2 Å². The predicted octanol–water partition coefficient (Wildman–Crippen LogP) is 2.08. The second kappa shape index (κ2) is 7.06. The normalized spacial score (nSPS) is 20.4. The summed E-state index contributed by atoms with van der Waals surface area (Å²) in [4.78, 5) is 6.75. The van der Waals surface area contributed by atoms with E-state index in [0.717, 1.165) is 19.6 Å². The molecule has 1 unspecified atom stereocenters. The minimum Gasteiger partial charge on any atom is -0.334 e. The van der Waals surface area contributed by atoms with Crippen LogP contribution in [0.2, 0.25) is 0 Å². The molecule has 1 aromatic rings. The van der Waals surface area contributed by atoms with Gasteiger partial charge < -0.3 is 14.8 Å². The number of hydrogen-bond acceptors (Lipinski definition) is 3. The zero-order valence-electron chi connectivity index (χ0n) is 12.6. The number of nitrogens with one attached hydrogen (secondary N) is 1. The summed E-state index contributed by atoms with van der Waals surface area (Å²) in [6.07, 6.45) is 7.83. The fourth-order valence-corrected chi connectivity index (χ4v) is 2.71. The Labute approximate surface area is 117 Å². The highest BCUT2D eigenvalue weighted by atomic mass is 15.1. The zero-order chi connectivity index (χ0) is 13.7. The molecule has 0 aromatic carbocycles. The van der Waals surface area contributed by atoms with E-state index in [0.29, 0.717) is 12.0 Å². The van der Waals surface area contributed by atoms with Crippen molar-refractivity contribution in [3.05, 3.63) is 18.2 Å². The first-order valence-electron chi connectivity index (χ1n) is 7.59. The molecule has 0 aliphatic carbocycles. The van der Waals surface area contributed by atoms with Crippen molar-refractivity contribution in [1.29, 1.82) is 0 Å². The van der Waals surface area contributed by atoms with Crippen LogP contribution in [0, 0.1) is 0 Å². The quantitative estimate of drug-likeness (QED) is 0.854. The maximum Gasteiger partial charge on any atom is 0.0948 e. The number of piperidine rings is 1. The van der Waals surface area contributed by atoms with Gasteiger partial charge in [-0.2, -0.15) is 0 Å². The van der Waals surface area contributed by atoms with Crippen LogP contribution in [-0.2, 0) is 6.54 Å². The van der Waals surface area contributed by atoms with E-state index in [1.165, 1.54) is 31.5 Å². The second-order valence-corrected chi connectivity index (χ2v) is 5.98. The van der Waals surface area contributed by atoms with Crippen molar-refractivity contribution in [3.8, 4) is 0 Å². The Bertz CT molecular complexity index is 366. The van der Waals surface area contributed by atoms with Crippen LogP contribution in [0.3, 0.4) is 0 Å². The van der Waals surface area contributed by atoms with E-state index in [9.17, 15) is 0 Å². The van der Waals surface area contributed by atoms with Crippen molar-refractivity contribution in [2.24, 2.45) is 0 Å². The van der Waals surface area contributed by atoms with Gasteiger partial charge in [0.25, 0.3) is 0 Å². The van der Waals surface area contributed by atoms with Gasteiger partial charge in [-0.1, -0.05) is 0 Å². The summed E-state index contributed by atoms with van der Waals surface area (Å²) in [6, 6.07) is 0.629. The van der Waals surface area contributed by atoms with Gasteiger partial charge in [0.05, 0.1) is 6.33 Å². The lowest BCUT2D eigenvalue weighted by Crippen LogP contribution is -2.30. The molecule has 1 N–H and O–H groups in total. The Hall–Kier alpha value is -0.870. The van der Waals surface area contributed by atoms with Gasteiger partial charge in [0, 0.05) is 36.9 Å². The van der Waals surface area contributed by atoms with Gasteiger partial charge in [0.1, 0.15) is 0 Å². The summed E-state index contributed by atoms with van der Waals surface area (Å²) >= 11 is 0. The van der Waals surface area contributed by atoms with E-state index >= 15 is 0 Å². The third kappa shape index (κ3) is 4.05. The highest BCUT2D eigenvalue weighted by molar-refractivity contribution is 5.08. The smallest absolute Gasteiger partial charge is 0.0948 e. The third-order valence-corrected chi connectivity index (χ3v) is 4.25. The monoisotopic (exact) mass is 264 g/mol. The fraction of sp³-hybridized carbons (Fsp3) is 0.800. The van der Waals surface area contributed by atoms with Crippen molar-refractivity contribution in [1.82, 2.24) is 19.8 Å². The number of hydrogen-bond donors (Lipinski definition) is 1. The molecule has 1 aliphatic rings. The molecule has 0 bridgehead atoms.